The number of aromatic amines is 1. The molecule has 100 valence electrons. The van der Waals surface area contributed by atoms with Gasteiger partial charge in [-0.1, -0.05) is 18.2 Å². The molecule has 1 aliphatic rings. The smallest absolute Gasteiger partial charge is 0.195 e. The topological polar surface area (TPSA) is 42.8 Å². The van der Waals surface area contributed by atoms with Gasteiger partial charge in [0.25, 0.3) is 0 Å². The molecule has 0 saturated carbocycles. The number of hydrogen-bond donors (Lipinski definition) is 1. The molecule has 0 amide bonds. The summed E-state index contributed by atoms with van der Waals surface area (Å²) in [6.45, 7) is 7.01. The third-order valence-corrected chi connectivity index (χ3v) is 3.65. The second-order valence-electron chi connectivity index (χ2n) is 5.79. The first-order valence-corrected chi connectivity index (χ1v) is 6.79. The van der Waals surface area contributed by atoms with Crippen molar-refractivity contribution >= 4 is 12.2 Å². The van der Waals surface area contributed by atoms with E-state index in [0.717, 1.165) is 11.6 Å². The number of fused-ring (bicyclic) bond motifs is 1. The molecular weight excluding hydrogens is 258 g/mol. The summed E-state index contributed by atoms with van der Waals surface area (Å²) in [7, 11) is 0. The maximum absolute atomic E-state index is 5.74. The number of benzene rings is 1. The lowest BCUT2D eigenvalue weighted by Crippen LogP contribution is -2.26. The molecular formula is C14H17N3OS. The molecule has 2 heterocycles. The first-order chi connectivity index (χ1) is 8.98. The third kappa shape index (κ3) is 1.98. The van der Waals surface area contributed by atoms with Gasteiger partial charge in [-0.15, -0.1) is 0 Å². The van der Waals surface area contributed by atoms with Crippen LogP contribution in [0.25, 0.3) is 0 Å². The molecule has 1 N–H and O–H groups in total. The van der Waals surface area contributed by atoms with Crippen LogP contribution in [-0.2, 0) is 5.54 Å². The van der Waals surface area contributed by atoms with E-state index in [1.54, 1.807) is 0 Å². The molecule has 0 spiro atoms. The normalized spacial score (nSPS) is 18.2. The van der Waals surface area contributed by atoms with E-state index in [1.807, 2.05) is 18.2 Å². The average molecular weight is 275 g/mol. The summed E-state index contributed by atoms with van der Waals surface area (Å²) >= 11 is 5.36. The van der Waals surface area contributed by atoms with E-state index < -0.39 is 0 Å². The average Bonchev–Trinajstić information content (AvgIpc) is 2.91. The highest BCUT2D eigenvalue weighted by molar-refractivity contribution is 7.71. The van der Waals surface area contributed by atoms with Crippen LogP contribution in [0, 0.1) is 4.77 Å². The highest BCUT2D eigenvalue weighted by Gasteiger charge is 2.32. The molecule has 0 bridgehead atoms. The van der Waals surface area contributed by atoms with Gasteiger partial charge >= 0.3 is 0 Å². The van der Waals surface area contributed by atoms with E-state index in [0.29, 0.717) is 11.4 Å². The maximum Gasteiger partial charge on any atom is 0.195 e. The van der Waals surface area contributed by atoms with Crippen molar-refractivity contribution in [3.63, 3.8) is 0 Å². The fraction of sp³-hybridized carbons (Fsp3) is 0.429. The van der Waals surface area contributed by atoms with Crippen molar-refractivity contribution < 1.29 is 4.74 Å². The van der Waals surface area contributed by atoms with Crippen LogP contribution < -0.4 is 4.74 Å². The predicted molar refractivity (Wildman–Crippen MR) is 76.2 cm³/mol. The molecule has 1 aromatic carbocycles. The summed E-state index contributed by atoms with van der Waals surface area (Å²) in [5.41, 5.74) is 1.08. The van der Waals surface area contributed by atoms with Crippen molar-refractivity contribution in [1.82, 2.24) is 14.8 Å². The summed E-state index contributed by atoms with van der Waals surface area (Å²) in [5.74, 6) is 2.03. The minimum Gasteiger partial charge on any atom is -0.492 e. The SMILES string of the molecule is CC(C)(C)n1c(C2COc3ccccc32)n[nH]c1=S. The Bertz CT molecular complexity index is 666. The number of ether oxygens (including phenoxy) is 1. The number of nitrogens with one attached hydrogen (secondary N) is 1. The van der Waals surface area contributed by atoms with Gasteiger partial charge in [0, 0.05) is 11.1 Å². The van der Waals surface area contributed by atoms with E-state index >= 15 is 0 Å². The Kier molecular flexibility index (Phi) is 2.74. The molecule has 19 heavy (non-hydrogen) atoms. The van der Waals surface area contributed by atoms with Gasteiger partial charge in [0.2, 0.25) is 0 Å². The molecule has 1 unspecified atom stereocenters. The van der Waals surface area contributed by atoms with Crippen molar-refractivity contribution in [3.8, 4) is 5.75 Å². The van der Waals surface area contributed by atoms with Gasteiger partial charge in [-0.25, -0.2) is 0 Å². The van der Waals surface area contributed by atoms with E-state index in [9.17, 15) is 0 Å². The molecule has 0 radical (unpaired) electrons. The third-order valence-electron chi connectivity index (χ3n) is 3.38. The van der Waals surface area contributed by atoms with Crippen molar-refractivity contribution in [3.05, 3.63) is 40.4 Å². The molecule has 1 atom stereocenters. The lowest BCUT2D eigenvalue weighted by atomic mass is 9.99. The lowest BCUT2D eigenvalue weighted by molar-refractivity contribution is 0.322. The Labute approximate surface area is 117 Å². The molecule has 0 saturated heterocycles. The number of para-hydroxylation sites is 1. The van der Waals surface area contributed by atoms with Crippen molar-refractivity contribution in [2.24, 2.45) is 0 Å². The summed E-state index contributed by atoms with van der Waals surface area (Å²) in [6.07, 6.45) is 0. The molecule has 4 nitrogen and oxygen atoms in total. The van der Waals surface area contributed by atoms with E-state index in [4.69, 9.17) is 17.0 Å². The van der Waals surface area contributed by atoms with Crippen LogP contribution in [-0.4, -0.2) is 21.4 Å². The van der Waals surface area contributed by atoms with Gasteiger partial charge in [0.15, 0.2) is 4.77 Å². The van der Waals surface area contributed by atoms with Gasteiger partial charge in [0.1, 0.15) is 18.2 Å². The van der Waals surface area contributed by atoms with Crippen molar-refractivity contribution in [2.45, 2.75) is 32.2 Å². The van der Waals surface area contributed by atoms with Gasteiger partial charge in [-0.05, 0) is 39.1 Å². The molecule has 1 aromatic heterocycles. The monoisotopic (exact) mass is 275 g/mol. The fourth-order valence-electron chi connectivity index (χ4n) is 2.57. The minimum atomic E-state index is -0.100. The standard InChI is InChI=1S/C14H17N3OS/c1-14(2,3)17-12(15-16-13(17)19)10-8-18-11-7-5-4-6-9(10)11/h4-7,10H,8H2,1-3H3,(H,16,19). The second kappa shape index (κ2) is 4.20. The van der Waals surface area contributed by atoms with Crippen LogP contribution in [0.4, 0.5) is 0 Å². The number of aromatic nitrogens is 3. The number of H-pyrrole nitrogens is 1. The van der Waals surface area contributed by atoms with Crippen LogP contribution >= 0.6 is 12.2 Å². The summed E-state index contributed by atoms with van der Waals surface area (Å²) in [4.78, 5) is 0. The summed E-state index contributed by atoms with van der Waals surface area (Å²) < 4.78 is 8.48. The zero-order chi connectivity index (χ0) is 13.6. The predicted octanol–water partition coefficient (Wildman–Crippen LogP) is 3.22. The van der Waals surface area contributed by atoms with Gasteiger partial charge < -0.3 is 4.74 Å². The van der Waals surface area contributed by atoms with Gasteiger partial charge in [-0.2, -0.15) is 5.10 Å². The number of hydrogen-bond acceptors (Lipinski definition) is 3. The first kappa shape index (κ1) is 12.4. The van der Waals surface area contributed by atoms with Crippen LogP contribution in [0.3, 0.4) is 0 Å². The molecule has 2 aromatic rings. The summed E-state index contributed by atoms with van der Waals surface area (Å²) in [6, 6.07) is 8.11. The lowest BCUT2D eigenvalue weighted by Gasteiger charge is -2.24. The zero-order valence-corrected chi connectivity index (χ0v) is 12.1. The minimum absolute atomic E-state index is 0.100. The molecule has 5 heteroatoms. The van der Waals surface area contributed by atoms with Crippen LogP contribution in [0.1, 0.15) is 38.1 Å². The van der Waals surface area contributed by atoms with E-state index in [2.05, 4.69) is 41.6 Å². The highest BCUT2D eigenvalue weighted by Crippen LogP contribution is 2.38. The van der Waals surface area contributed by atoms with Crippen molar-refractivity contribution in [2.75, 3.05) is 6.61 Å². The largest absolute Gasteiger partial charge is 0.492 e. The zero-order valence-electron chi connectivity index (χ0n) is 11.3. The van der Waals surface area contributed by atoms with Crippen LogP contribution in [0.15, 0.2) is 24.3 Å². The van der Waals surface area contributed by atoms with Gasteiger partial charge in [-0.3, -0.25) is 9.67 Å². The molecule has 0 aliphatic carbocycles. The highest BCUT2D eigenvalue weighted by atomic mass is 32.1. The van der Waals surface area contributed by atoms with Crippen molar-refractivity contribution in [1.29, 1.82) is 0 Å². The Morgan fingerprint density at radius 2 is 2.11 bits per heavy atom. The molecule has 1 aliphatic heterocycles. The van der Waals surface area contributed by atoms with Crippen LogP contribution in [0.2, 0.25) is 0 Å². The Balaban J connectivity index is 2.13. The Morgan fingerprint density at radius 1 is 1.37 bits per heavy atom. The summed E-state index contributed by atoms with van der Waals surface area (Å²) in [5, 5.41) is 7.34. The maximum atomic E-state index is 5.74. The van der Waals surface area contributed by atoms with E-state index in [1.165, 1.54) is 5.56 Å². The molecule has 0 fully saturated rings. The number of nitrogens with zero attached hydrogens (tertiary/aromatic N) is 2. The number of rotatable bonds is 1. The fourth-order valence-corrected chi connectivity index (χ4v) is 2.98. The van der Waals surface area contributed by atoms with Gasteiger partial charge in [0.05, 0.1) is 5.92 Å². The molecule has 3 rings (SSSR count). The Morgan fingerprint density at radius 3 is 2.84 bits per heavy atom. The van der Waals surface area contributed by atoms with Crippen LogP contribution in [0.5, 0.6) is 5.75 Å². The second-order valence-corrected chi connectivity index (χ2v) is 6.18. The Hall–Kier alpha value is -1.62. The van der Waals surface area contributed by atoms with E-state index in [-0.39, 0.29) is 11.5 Å². The quantitative estimate of drug-likeness (QED) is 0.813. The first-order valence-electron chi connectivity index (χ1n) is 6.38.